The van der Waals surface area contributed by atoms with Gasteiger partial charge in [0.05, 0.1) is 0 Å². The Balaban J connectivity index is 1.82. The van der Waals surface area contributed by atoms with Gasteiger partial charge in [0.1, 0.15) is 0 Å². The van der Waals surface area contributed by atoms with Crippen LogP contribution in [0.4, 0.5) is 0 Å². The lowest BCUT2D eigenvalue weighted by Gasteiger charge is -2.05. The van der Waals surface area contributed by atoms with Gasteiger partial charge in [0, 0.05) is 13.1 Å². The van der Waals surface area contributed by atoms with Gasteiger partial charge >= 0.3 is 0 Å². The average molecular weight is 211 g/mol. The summed E-state index contributed by atoms with van der Waals surface area (Å²) in [5.74, 6) is 0. The summed E-state index contributed by atoms with van der Waals surface area (Å²) in [5, 5.41) is 3.44. The van der Waals surface area contributed by atoms with Crippen molar-refractivity contribution in [2.24, 2.45) is 0 Å². The van der Waals surface area contributed by atoms with Crippen molar-refractivity contribution in [1.82, 2.24) is 5.32 Å². The minimum atomic E-state index is 0.925. The molecule has 0 aliphatic carbocycles. The van der Waals surface area contributed by atoms with E-state index in [-0.39, 0.29) is 0 Å². The van der Waals surface area contributed by atoms with Crippen LogP contribution in [0.5, 0.6) is 0 Å². The second kappa shape index (κ2) is 5.47. The summed E-state index contributed by atoms with van der Waals surface area (Å²) in [4.78, 5) is 0. The van der Waals surface area contributed by atoms with Crippen molar-refractivity contribution in [2.75, 3.05) is 0 Å². The molecule has 0 unspecified atom stereocenters. The molecule has 0 saturated heterocycles. The summed E-state index contributed by atoms with van der Waals surface area (Å²) >= 11 is 0. The molecule has 0 aliphatic heterocycles. The first-order valence-corrected chi connectivity index (χ1v) is 5.65. The Morgan fingerprint density at radius 2 is 1.31 bits per heavy atom. The number of benzene rings is 2. The lowest BCUT2D eigenvalue weighted by atomic mass is 10.1. The molecule has 0 aliphatic rings. The molecular weight excluding hydrogens is 194 g/mol. The second-order valence-corrected chi connectivity index (χ2v) is 4.07. The van der Waals surface area contributed by atoms with Gasteiger partial charge in [-0.15, -0.1) is 0 Å². The van der Waals surface area contributed by atoms with Crippen molar-refractivity contribution < 1.29 is 0 Å². The first-order chi connectivity index (χ1) is 7.84. The summed E-state index contributed by atoms with van der Waals surface area (Å²) < 4.78 is 0. The average Bonchev–Trinajstić information content (AvgIpc) is 2.33. The molecule has 0 aromatic heterocycles. The number of aryl methyl sites for hydroxylation is 1. The molecule has 0 saturated carbocycles. The molecule has 2 aromatic carbocycles. The Morgan fingerprint density at radius 1 is 0.750 bits per heavy atom. The maximum Gasteiger partial charge on any atom is 0.0208 e. The van der Waals surface area contributed by atoms with Crippen LogP contribution in [0.1, 0.15) is 16.7 Å². The monoisotopic (exact) mass is 211 g/mol. The van der Waals surface area contributed by atoms with Gasteiger partial charge in [0.2, 0.25) is 0 Å². The SMILES string of the molecule is Cc1ccc(CNCc2ccccc2)cc1. The number of rotatable bonds is 4. The minimum absolute atomic E-state index is 0.925. The first kappa shape index (κ1) is 10.9. The fourth-order valence-electron chi connectivity index (χ4n) is 1.65. The van der Waals surface area contributed by atoms with E-state index in [2.05, 4.69) is 60.8 Å². The van der Waals surface area contributed by atoms with Gasteiger partial charge in [-0.3, -0.25) is 0 Å². The van der Waals surface area contributed by atoms with E-state index in [1.807, 2.05) is 6.07 Å². The van der Waals surface area contributed by atoms with Crippen molar-refractivity contribution in [2.45, 2.75) is 20.0 Å². The van der Waals surface area contributed by atoms with Crippen LogP contribution < -0.4 is 5.32 Å². The fraction of sp³-hybridized carbons (Fsp3) is 0.200. The topological polar surface area (TPSA) is 12.0 Å². The highest BCUT2D eigenvalue weighted by atomic mass is 14.8. The summed E-state index contributed by atoms with van der Waals surface area (Å²) in [7, 11) is 0. The zero-order chi connectivity index (χ0) is 11.2. The van der Waals surface area contributed by atoms with Gasteiger partial charge in [0.15, 0.2) is 0 Å². The van der Waals surface area contributed by atoms with E-state index in [0.717, 1.165) is 13.1 Å². The third-order valence-corrected chi connectivity index (χ3v) is 2.62. The third-order valence-electron chi connectivity index (χ3n) is 2.62. The molecular formula is C15H17N. The van der Waals surface area contributed by atoms with Crippen LogP contribution in [0.3, 0.4) is 0 Å². The quantitative estimate of drug-likeness (QED) is 0.818. The summed E-state index contributed by atoms with van der Waals surface area (Å²) in [6.07, 6.45) is 0. The predicted octanol–water partition coefficient (Wildman–Crippen LogP) is 3.28. The molecule has 2 aromatic rings. The van der Waals surface area contributed by atoms with Crippen LogP contribution in [-0.4, -0.2) is 0 Å². The second-order valence-electron chi connectivity index (χ2n) is 4.07. The Labute approximate surface area is 97.1 Å². The molecule has 16 heavy (non-hydrogen) atoms. The van der Waals surface area contributed by atoms with Crippen molar-refractivity contribution in [3.8, 4) is 0 Å². The van der Waals surface area contributed by atoms with Crippen molar-refractivity contribution in [3.05, 3.63) is 71.3 Å². The Bertz CT molecular complexity index is 417. The molecule has 2 rings (SSSR count). The number of nitrogens with one attached hydrogen (secondary N) is 1. The minimum Gasteiger partial charge on any atom is -0.309 e. The van der Waals surface area contributed by atoms with Gasteiger partial charge in [-0.05, 0) is 18.1 Å². The van der Waals surface area contributed by atoms with Crippen molar-refractivity contribution in [1.29, 1.82) is 0 Å². The predicted molar refractivity (Wildman–Crippen MR) is 68.2 cm³/mol. The third kappa shape index (κ3) is 3.21. The Morgan fingerprint density at radius 3 is 1.94 bits per heavy atom. The van der Waals surface area contributed by atoms with Crippen LogP contribution in [0.2, 0.25) is 0 Å². The van der Waals surface area contributed by atoms with E-state index in [0.29, 0.717) is 0 Å². The van der Waals surface area contributed by atoms with Crippen LogP contribution in [0.25, 0.3) is 0 Å². The standard InChI is InChI=1S/C15H17N/c1-13-7-9-15(10-8-13)12-16-11-14-5-3-2-4-6-14/h2-10,16H,11-12H2,1H3. The molecule has 82 valence electrons. The molecule has 1 N–H and O–H groups in total. The number of hydrogen-bond donors (Lipinski definition) is 1. The van der Waals surface area contributed by atoms with Crippen LogP contribution in [0.15, 0.2) is 54.6 Å². The Kier molecular flexibility index (Phi) is 3.73. The van der Waals surface area contributed by atoms with Crippen molar-refractivity contribution in [3.63, 3.8) is 0 Å². The van der Waals surface area contributed by atoms with E-state index < -0.39 is 0 Å². The molecule has 0 atom stereocenters. The molecule has 0 spiro atoms. The van der Waals surface area contributed by atoms with Gasteiger partial charge < -0.3 is 5.32 Å². The molecule has 0 bridgehead atoms. The molecule has 0 fully saturated rings. The zero-order valence-corrected chi connectivity index (χ0v) is 9.61. The maximum atomic E-state index is 3.44. The lowest BCUT2D eigenvalue weighted by Crippen LogP contribution is -2.12. The van der Waals surface area contributed by atoms with Crippen molar-refractivity contribution >= 4 is 0 Å². The zero-order valence-electron chi connectivity index (χ0n) is 9.61. The summed E-state index contributed by atoms with van der Waals surface area (Å²) in [6, 6.07) is 19.1. The molecule has 0 radical (unpaired) electrons. The summed E-state index contributed by atoms with van der Waals surface area (Å²) in [6.45, 7) is 3.96. The maximum absolute atomic E-state index is 3.44. The highest BCUT2D eigenvalue weighted by Gasteiger charge is 1.93. The fourth-order valence-corrected chi connectivity index (χ4v) is 1.65. The smallest absolute Gasteiger partial charge is 0.0208 e. The Hall–Kier alpha value is -1.60. The lowest BCUT2D eigenvalue weighted by molar-refractivity contribution is 0.693. The highest BCUT2D eigenvalue weighted by Crippen LogP contribution is 2.03. The van der Waals surface area contributed by atoms with Gasteiger partial charge in [-0.2, -0.15) is 0 Å². The largest absolute Gasteiger partial charge is 0.309 e. The van der Waals surface area contributed by atoms with Gasteiger partial charge in [0.25, 0.3) is 0 Å². The molecule has 0 heterocycles. The van der Waals surface area contributed by atoms with E-state index in [9.17, 15) is 0 Å². The highest BCUT2D eigenvalue weighted by molar-refractivity contribution is 5.21. The molecule has 1 heteroatoms. The molecule has 1 nitrogen and oxygen atoms in total. The van der Waals surface area contributed by atoms with E-state index >= 15 is 0 Å². The van der Waals surface area contributed by atoms with Gasteiger partial charge in [-0.1, -0.05) is 60.2 Å². The normalized spacial score (nSPS) is 10.3. The van der Waals surface area contributed by atoms with E-state index in [1.165, 1.54) is 16.7 Å². The summed E-state index contributed by atoms with van der Waals surface area (Å²) in [5.41, 5.74) is 3.97. The van der Waals surface area contributed by atoms with E-state index in [1.54, 1.807) is 0 Å². The number of hydrogen-bond acceptors (Lipinski definition) is 1. The van der Waals surface area contributed by atoms with E-state index in [4.69, 9.17) is 0 Å². The van der Waals surface area contributed by atoms with Crippen LogP contribution >= 0.6 is 0 Å². The van der Waals surface area contributed by atoms with Crippen LogP contribution in [-0.2, 0) is 13.1 Å². The molecule has 0 amide bonds. The van der Waals surface area contributed by atoms with Crippen LogP contribution in [0, 0.1) is 6.92 Å². The first-order valence-electron chi connectivity index (χ1n) is 5.65. The van der Waals surface area contributed by atoms with Gasteiger partial charge in [-0.25, -0.2) is 0 Å².